The van der Waals surface area contributed by atoms with Gasteiger partial charge in [-0.05, 0) is 30.6 Å². The van der Waals surface area contributed by atoms with Crippen molar-refractivity contribution in [3.8, 4) is 0 Å². The number of aromatic amines is 1. The van der Waals surface area contributed by atoms with E-state index in [1.807, 2.05) is 41.9 Å². The minimum atomic E-state index is -0.268. The average molecular weight is 332 g/mol. The highest BCUT2D eigenvalue weighted by Gasteiger charge is 2.28. The molecule has 2 aromatic rings. The van der Waals surface area contributed by atoms with Crippen LogP contribution in [-0.4, -0.2) is 38.8 Å². The first-order valence-corrected chi connectivity index (χ1v) is 8.13. The quantitative estimate of drug-likeness (QED) is 0.878. The molecule has 122 valence electrons. The number of rotatable bonds is 3. The number of nitrogens with one attached hydrogen (secondary N) is 1. The summed E-state index contributed by atoms with van der Waals surface area (Å²) in [6.07, 6.45) is 1.66. The molecule has 1 aliphatic rings. The van der Waals surface area contributed by atoms with Gasteiger partial charge < -0.3 is 14.2 Å². The highest BCUT2D eigenvalue weighted by atomic mass is 32.1. The fourth-order valence-electron chi connectivity index (χ4n) is 2.89. The second-order valence-corrected chi connectivity index (χ2v) is 6.16. The molecule has 1 atom stereocenters. The van der Waals surface area contributed by atoms with E-state index in [2.05, 4.69) is 10.2 Å². The van der Waals surface area contributed by atoms with Gasteiger partial charge in [-0.2, -0.15) is 5.10 Å². The van der Waals surface area contributed by atoms with Gasteiger partial charge in [0.15, 0.2) is 4.77 Å². The van der Waals surface area contributed by atoms with E-state index in [0.29, 0.717) is 17.9 Å². The predicted octanol–water partition coefficient (Wildman–Crippen LogP) is 2.99. The summed E-state index contributed by atoms with van der Waals surface area (Å²) in [7, 11) is 1.90. The Bertz CT molecular complexity index is 725. The molecule has 2 heterocycles. The summed E-state index contributed by atoms with van der Waals surface area (Å²) in [6, 6.07) is 9.70. The van der Waals surface area contributed by atoms with Gasteiger partial charge in [-0.15, -0.1) is 0 Å². The third kappa shape index (κ3) is 3.61. The van der Waals surface area contributed by atoms with Crippen LogP contribution in [0.15, 0.2) is 30.3 Å². The summed E-state index contributed by atoms with van der Waals surface area (Å²) in [5.74, 6) is 1.08. The number of H-pyrrole nitrogens is 1. The Morgan fingerprint density at radius 1 is 1.43 bits per heavy atom. The lowest BCUT2D eigenvalue weighted by Gasteiger charge is -2.31. The fraction of sp³-hybridized carbons (Fsp3) is 0.438. The molecule has 3 rings (SSSR count). The van der Waals surface area contributed by atoms with Gasteiger partial charge >= 0.3 is 6.09 Å². The smallest absolute Gasteiger partial charge is 0.410 e. The van der Waals surface area contributed by atoms with Crippen LogP contribution in [0, 0.1) is 4.77 Å². The topological polar surface area (TPSA) is 63.1 Å². The molecular weight excluding hydrogens is 312 g/mol. The first-order valence-electron chi connectivity index (χ1n) is 7.72. The predicted molar refractivity (Wildman–Crippen MR) is 88.6 cm³/mol. The number of amides is 1. The number of carbonyl (C=O) groups is 1. The molecule has 1 aromatic carbocycles. The van der Waals surface area contributed by atoms with Crippen LogP contribution >= 0.6 is 12.2 Å². The Labute approximate surface area is 140 Å². The van der Waals surface area contributed by atoms with E-state index in [1.165, 1.54) is 0 Å². The Morgan fingerprint density at radius 3 is 2.91 bits per heavy atom. The molecule has 1 N–H and O–H groups in total. The van der Waals surface area contributed by atoms with Crippen molar-refractivity contribution in [2.75, 3.05) is 13.1 Å². The largest absolute Gasteiger partial charge is 0.445 e. The second kappa shape index (κ2) is 6.95. The van der Waals surface area contributed by atoms with Crippen LogP contribution in [0.2, 0.25) is 0 Å². The van der Waals surface area contributed by atoms with Crippen molar-refractivity contribution in [2.45, 2.75) is 25.4 Å². The average Bonchev–Trinajstić information content (AvgIpc) is 2.93. The van der Waals surface area contributed by atoms with Crippen molar-refractivity contribution in [1.29, 1.82) is 0 Å². The van der Waals surface area contributed by atoms with E-state index >= 15 is 0 Å². The normalized spacial score (nSPS) is 18.0. The van der Waals surface area contributed by atoms with Crippen LogP contribution in [0.3, 0.4) is 0 Å². The number of nitrogens with zero attached hydrogens (tertiary/aromatic N) is 3. The van der Waals surface area contributed by atoms with Crippen molar-refractivity contribution >= 4 is 18.3 Å². The van der Waals surface area contributed by atoms with Gasteiger partial charge in [-0.1, -0.05) is 30.3 Å². The standard InChI is InChI=1S/C16H20N4O2S/c1-19-14(17-18-15(19)23)13-8-5-9-20(10-13)16(21)22-11-12-6-3-2-4-7-12/h2-4,6-7,13H,5,8-11H2,1H3,(H,18,23). The molecule has 23 heavy (non-hydrogen) atoms. The molecule has 1 amide bonds. The van der Waals surface area contributed by atoms with Gasteiger partial charge in [-0.25, -0.2) is 4.79 Å². The van der Waals surface area contributed by atoms with Gasteiger partial charge in [0.25, 0.3) is 0 Å². The second-order valence-electron chi connectivity index (χ2n) is 5.77. The summed E-state index contributed by atoms with van der Waals surface area (Å²) >= 11 is 5.16. The third-order valence-electron chi connectivity index (χ3n) is 4.16. The molecular formula is C16H20N4O2S. The van der Waals surface area contributed by atoms with Crippen molar-refractivity contribution in [3.05, 3.63) is 46.5 Å². The van der Waals surface area contributed by atoms with Crippen LogP contribution < -0.4 is 0 Å². The molecule has 1 unspecified atom stereocenters. The van der Waals surface area contributed by atoms with Crippen LogP contribution in [0.5, 0.6) is 0 Å². The summed E-state index contributed by atoms with van der Waals surface area (Å²) in [4.78, 5) is 14.0. The molecule has 0 bridgehead atoms. The van der Waals surface area contributed by atoms with Crippen molar-refractivity contribution < 1.29 is 9.53 Å². The fourth-order valence-corrected chi connectivity index (χ4v) is 3.03. The summed E-state index contributed by atoms with van der Waals surface area (Å²) in [6.45, 7) is 1.63. The van der Waals surface area contributed by atoms with Gasteiger partial charge in [0.2, 0.25) is 0 Å². The van der Waals surface area contributed by atoms with Crippen LogP contribution in [0.25, 0.3) is 0 Å². The van der Waals surface area contributed by atoms with E-state index in [-0.39, 0.29) is 12.0 Å². The number of hydrogen-bond donors (Lipinski definition) is 1. The number of piperidine rings is 1. The molecule has 1 saturated heterocycles. The van der Waals surface area contributed by atoms with Crippen LogP contribution in [-0.2, 0) is 18.4 Å². The maximum Gasteiger partial charge on any atom is 0.410 e. The lowest BCUT2D eigenvalue weighted by atomic mass is 9.97. The molecule has 0 spiro atoms. The molecule has 7 heteroatoms. The minimum Gasteiger partial charge on any atom is -0.445 e. The Kier molecular flexibility index (Phi) is 4.76. The molecule has 0 radical (unpaired) electrons. The van der Waals surface area contributed by atoms with Crippen molar-refractivity contribution in [3.63, 3.8) is 0 Å². The number of benzene rings is 1. The SMILES string of the molecule is Cn1c(C2CCCN(C(=O)OCc3ccccc3)C2)n[nH]c1=S. The molecule has 1 fully saturated rings. The first kappa shape index (κ1) is 15.7. The summed E-state index contributed by atoms with van der Waals surface area (Å²) < 4.78 is 7.89. The number of likely N-dealkylation sites (tertiary alicyclic amines) is 1. The van der Waals surface area contributed by atoms with Gasteiger partial charge in [0.1, 0.15) is 12.4 Å². The third-order valence-corrected chi connectivity index (χ3v) is 4.53. The minimum absolute atomic E-state index is 0.186. The van der Waals surface area contributed by atoms with Gasteiger partial charge in [0, 0.05) is 26.1 Å². The highest BCUT2D eigenvalue weighted by Crippen LogP contribution is 2.25. The maximum absolute atomic E-state index is 12.3. The number of aromatic nitrogens is 3. The monoisotopic (exact) mass is 332 g/mol. The maximum atomic E-state index is 12.3. The van der Waals surface area contributed by atoms with E-state index in [0.717, 1.165) is 30.8 Å². The molecule has 0 aliphatic carbocycles. The van der Waals surface area contributed by atoms with E-state index in [4.69, 9.17) is 17.0 Å². The zero-order chi connectivity index (χ0) is 16.2. The first-order chi connectivity index (χ1) is 11.1. The van der Waals surface area contributed by atoms with E-state index in [1.54, 1.807) is 4.90 Å². The zero-order valence-corrected chi connectivity index (χ0v) is 13.9. The van der Waals surface area contributed by atoms with E-state index < -0.39 is 0 Å². The van der Waals surface area contributed by atoms with E-state index in [9.17, 15) is 4.79 Å². The van der Waals surface area contributed by atoms with Crippen molar-refractivity contribution in [1.82, 2.24) is 19.7 Å². The highest BCUT2D eigenvalue weighted by molar-refractivity contribution is 7.71. The Morgan fingerprint density at radius 2 is 2.22 bits per heavy atom. The van der Waals surface area contributed by atoms with Gasteiger partial charge in [-0.3, -0.25) is 5.10 Å². The lowest BCUT2D eigenvalue weighted by Crippen LogP contribution is -2.40. The summed E-state index contributed by atoms with van der Waals surface area (Å²) in [5, 5.41) is 7.10. The van der Waals surface area contributed by atoms with Crippen LogP contribution in [0.4, 0.5) is 4.79 Å². The molecule has 1 aliphatic heterocycles. The van der Waals surface area contributed by atoms with Crippen LogP contribution in [0.1, 0.15) is 30.1 Å². The molecule has 1 aromatic heterocycles. The van der Waals surface area contributed by atoms with Gasteiger partial charge in [0.05, 0.1) is 0 Å². The Hall–Kier alpha value is -2.15. The van der Waals surface area contributed by atoms with Crippen molar-refractivity contribution in [2.24, 2.45) is 7.05 Å². The Balaban J connectivity index is 1.60. The summed E-state index contributed by atoms with van der Waals surface area (Å²) in [5.41, 5.74) is 0.990. The lowest BCUT2D eigenvalue weighted by molar-refractivity contribution is 0.0851. The number of hydrogen-bond acceptors (Lipinski definition) is 4. The number of ether oxygens (including phenoxy) is 1. The molecule has 6 nitrogen and oxygen atoms in total. The zero-order valence-electron chi connectivity index (χ0n) is 13.1. The number of carbonyl (C=O) groups excluding carboxylic acids is 1. The molecule has 0 saturated carbocycles.